The highest BCUT2D eigenvalue weighted by atomic mass is 16.7. The number of amides is 1. The Balaban J connectivity index is 1.55. The maximum Gasteiger partial charge on any atom is 0.410 e. The Labute approximate surface area is 167 Å². The minimum absolute atomic E-state index is 0.0113. The average molecular weight is 389 g/mol. The molecule has 3 atom stereocenters. The van der Waals surface area contributed by atoms with E-state index in [-0.39, 0.29) is 24.0 Å². The minimum atomic E-state index is -0.564. The van der Waals surface area contributed by atoms with Gasteiger partial charge in [0.25, 0.3) is 0 Å². The Morgan fingerprint density at radius 2 is 1.82 bits per heavy atom. The maximum absolute atomic E-state index is 12.8. The van der Waals surface area contributed by atoms with Crippen LogP contribution in [-0.4, -0.2) is 66.2 Å². The van der Waals surface area contributed by atoms with Crippen molar-refractivity contribution in [2.24, 2.45) is 11.8 Å². The first kappa shape index (κ1) is 19.7. The van der Waals surface area contributed by atoms with E-state index >= 15 is 0 Å². The molecule has 28 heavy (non-hydrogen) atoms. The van der Waals surface area contributed by atoms with Gasteiger partial charge in [0.05, 0.1) is 13.2 Å². The smallest absolute Gasteiger partial charge is 0.410 e. The second-order valence-electron chi connectivity index (χ2n) is 9.27. The summed E-state index contributed by atoms with van der Waals surface area (Å²) >= 11 is 0. The Hall–Kier alpha value is -1.63. The largest absolute Gasteiger partial charge is 0.444 e. The number of piperidine rings is 2. The zero-order valence-electron chi connectivity index (χ0n) is 17.4. The molecule has 3 saturated heterocycles. The zero-order chi connectivity index (χ0) is 19.9. The molecule has 6 heteroatoms. The van der Waals surface area contributed by atoms with Crippen molar-refractivity contribution in [3.05, 3.63) is 35.9 Å². The van der Waals surface area contributed by atoms with E-state index in [9.17, 15) is 4.79 Å². The normalized spacial score (nSPS) is 29.9. The zero-order valence-corrected chi connectivity index (χ0v) is 17.4. The highest BCUT2D eigenvalue weighted by molar-refractivity contribution is 5.69. The second-order valence-corrected chi connectivity index (χ2v) is 9.27. The van der Waals surface area contributed by atoms with Gasteiger partial charge in [-0.25, -0.2) is 4.79 Å². The first-order valence-electron chi connectivity index (χ1n) is 10.3. The summed E-state index contributed by atoms with van der Waals surface area (Å²) in [7, 11) is 0. The number of carbonyl (C=O) groups excluding carboxylic acids is 1. The average Bonchev–Trinajstić information content (AvgIpc) is 3.09. The molecule has 3 heterocycles. The summed E-state index contributed by atoms with van der Waals surface area (Å²) in [5.74, 6) is -0.356. The van der Waals surface area contributed by atoms with Gasteiger partial charge in [-0.05, 0) is 33.3 Å². The van der Waals surface area contributed by atoms with Gasteiger partial charge in [0.2, 0.25) is 0 Å². The van der Waals surface area contributed by atoms with Crippen molar-refractivity contribution >= 4 is 6.09 Å². The lowest BCUT2D eigenvalue weighted by Gasteiger charge is -2.57. The second kappa shape index (κ2) is 7.32. The number of likely N-dealkylation sites (tertiary alicyclic amines) is 2. The number of hydrogen-bond acceptors (Lipinski definition) is 5. The number of rotatable bonds is 2. The molecule has 3 unspecified atom stereocenters. The van der Waals surface area contributed by atoms with Crippen LogP contribution in [0.5, 0.6) is 0 Å². The predicted molar refractivity (Wildman–Crippen MR) is 106 cm³/mol. The van der Waals surface area contributed by atoms with Gasteiger partial charge >= 0.3 is 6.09 Å². The number of benzene rings is 1. The molecule has 1 amide bonds. The molecule has 1 aromatic rings. The molecule has 154 valence electrons. The summed E-state index contributed by atoms with van der Waals surface area (Å²) in [5.41, 5.74) is 0.808. The van der Waals surface area contributed by atoms with Crippen molar-refractivity contribution in [2.75, 3.05) is 32.8 Å². The summed E-state index contributed by atoms with van der Waals surface area (Å²) in [6.45, 7) is 12.3. The highest BCUT2D eigenvalue weighted by Gasteiger charge is 2.61. The Kier molecular flexibility index (Phi) is 5.14. The number of nitrogens with zero attached hydrogens (tertiary/aromatic N) is 2. The van der Waals surface area contributed by atoms with E-state index in [0.717, 1.165) is 19.6 Å². The van der Waals surface area contributed by atoms with Crippen LogP contribution >= 0.6 is 0 Å². The predicted octanol–water partition coefficient (Wildman–Crippen LogP) is 3.12. The summed E-state index contributed by atoms with van der Waals surface area (Å²) < 4.78 is 18.1. The molecule has 6 nitrogen and oxygen atoms in total. The summed E-state index contributed by atoms with van der Waals surface area (Å²) in [6.07, 6.45) is -0.237. The fourth-order valence-corrected chi connectivity index (χ4v) is 4.94. The van der Waals surface area contributed by atoms with E-state index in [1.165, 1.54) is 5.56 Å². The topological polar surface area (TPSA) is 51.2 Å². The van der Waals surface area contributed by atoms with Crippen LogP contribution in [0.1, 0.15) is 33.3 Å². The van der Waals surface area contributed by atoms with E-state index in [4.69, 9.17) is 14.2 Å². The van der Waals surface area contributed by atoms with E-state index < -0.39 is 11.4 Å². The van der Waals surface area contributed by atoms with Crippen LogP contribution in [0.2, 0.25) is 0 Å². The fraction of sp³-hybridized carbons (Fsp3) is 0.682. The van der Waals surface area contributed by atoms with Crippen LogP contribution in [0.15, 0.2) is 30.3 Å². The van der Waals surface area contributed by atoms with Crippen molar-refractivity contribution in [1.29, 1.82) is 0 Å². The van der Waals surface area contributed by atoms with Crippen molar-refractivity contribution in [3.8, 4) is 0 Å². The molecule has 1 aromatic carbocycles. The summed E-state index contributed by atoms with van der Waals surface area (Å²) in [5, 5.41) is 0. The maximum atomic E-state index is 12.8. The molecule has 1 spiro atoms. The molecule has 4 rings (SSSR count). The Morgan fingerprint density at radius 3 is 2.46 bits per heavy atom. The minimum Gasteiger partial charge on any atom is -0.444 e. The first-order valence-corrected chi connectivity index (χ1v) is 10.3. The lowest BCUT2D eigenvalue weighted by molar-refractivity contribution is -0.285. The SMILES string of the molecule is CC1C2CN(Cc3ccccc3)CC(CN1C(=O)OC(C)(C)C)C21OCCO1. The molecule has 0 aromatic heterocycles. The van der Waals surface area contributed by atoms with E-state index in [0.29, 0.717) is 19.8 Å². The molecule has 3 aliphatic rings. The molecule has 0 saturated carbocycles. The van der Waals surface area contributed by atoms with Crippen LogP contribution in [0, 0.1) is 11.8 Å². The monoisotopic (exact) mass is 388 g/mol. The van der Waals surface area contributed by atoms with Crippen LogP contribution < -0.4 is 0 Å². The van der Waals surface area contributed by atoms with Gasteiger partial charge in [0.1, 0.15) is 5.60 Å². The van der Waals surface area contributed by atoms with Crippen LogP contribution in [0.3, 0.4) is 0 Å². The number of hydrogen-bond donors (Lipinski definition) is 0. The Morgan fingerprint density at radius 1 is 1.14 bits per heavy atom. The number of carbonyl (C=O) groups is 1. The van der Waals surface area contributed by atoms with Gasteiger partial charge < -0.3 is 19.1 Å². The molecule has 3 aliphatic heterocycles. The van der Waals surface area contributed by atoms with E-state index in [1.807, 2.05) is 31.7 Å². The first-order chi connectivity index (χ1) is 13.3. The van der Waals surface area contributed by atoms with Crippen molar-refractivity contribution in [1.82, 2.24) is 9.80 Å². The van der Waals surface area contributed by atoms with Crippen LogP contribution in [-0.2, 0) is 20.8 Å². The van der Waals surface area contributed by atoms with Crippen LogP contribution in [0.25, 0.3) is 0 Å². The molecule has 0 aliphatic carbocycles. The van der Waals surface area contributed by atoms with Crippen LogP contribution in [0.4, 0.5) is 4.79 Å². The summed E-state index contributed by atoms with van der Waals surface area (Å²) in [6, 6.07) is 10.5. The van der Waals surface area contributed by atoms with Gasteiger partial charge in [-0.3, -0.25) is 4.90 Å². The molecule has 3 fully saturated rings. The Bertz CT molecular complexity index is 696. The van der Waals surface area contributed by atoms with Gasteiger partial charge in [-0.2, -0.15) is 0 Å². The lowest BCUT2D eigenvalue weighted by Crippen LogP contribution is -2.71. The lowest BCUT2D eigenvalue weighted by atomic mass is 9.74. The van der Waals surface area contributed by atoms with Gasteiger partial charge in [-0.15, -0.1) is 0 Å². The van der Waals surface area contributed by atoms with Crippen molar-refractivity contribution in [3.63, 3.8) is 0 Å². The number of ether oxygens (including phenoxy) is 3. The summed E-state index contributed by atoms with van der Waals surface area (Å²) in [4.78, 5) is 17.2. The fourth-order valence-electron chi connectivity index (χ4n) is 4.94. The molecule has 0 radical (unpaired) electrons. The standard InChI is InChI=1S/C22H32N2O4/c1-16-19-15-23(12-17-8-6-5-7-9-17)13-18(22(19)26-10-11-27-22)14-24(16)20(25)28-21(2,3)4/h5-9,16,18-19H,10-15H2,1-4H3. The van der Waals surface area contributed by atoms with Crippen molar-refractivity contribution in [2.45, 2.75) is 51.7 Å². The third-order valence-corrected chi connectivity index (χ3v) is 6.13. The van der Waals surface area contributed by atoms with E-state index in [1.54, 1.807) is 0 Å². The van der Waals surface area contributed by atoms with Gasteiger partial charge in [-0.1, -0.05) is 30.3 Å². The molecule has 2 bridgehead atoms. The third kappa shape index (κ3) is 3.65. The molecular weight excluding hydrogens is 356 g/mol. The van der Waals surface area contributed by atoms with E-state index in [2.05, 4.69) is 36.1 Å². The third-order valence-electron chi connectivity index (χ3n) is 6.13. The van der Waals surface area contributed by atoms with Gasteiger partial charge in [0, 0.05) is 44.1 Å². The van der Waals surface area contributed by atoms with Crippen molar-refractivity contribution < 1.29 is 19.0 Å². The molecule has 0 N–H and O–H groups in total. The molecular formula is C22H32N2O4. The van der Waals surface area contributed by atoms with Gasteiger partial charge in [0.15, 0.2) is 5.79 Å². The quantitative estimate of drug-likeness (QED) is 0.779. The highest BCUT2D eigenvalue weighted by Crippen LogP contribution is 2.47.